The third-order valence-corrected chi connectivity index (χ3v) is 4.28. The summed E-state index contributed by atoms with van der Waals surface area (Å²) in [6.07, 6.45) is 4.69. The van der Waals surface area contributed by atoms with Crippen LogP contribution in [0, 0.1) is 0 Å². The highest BCUT2D eigenvalue weighted by molar-refractivity contribution is 7.89. The lowest BCUT2D eigenvalue weighted by Gasteiger charge is -2.04. The van der Waals surface area contributed by atoms with Crippen LogP contribution in [0.5, 0.6) is 0 Å². The van der Waals surface area contributed by atoms with Gasteiger partial charge in [0.25, 0.3) is 5.91 Å². The van der Waals surface area contributed by atoms with Crippen molar-refractivity contribution in [2.75, 3.05) is 6.54 Å². The van der Waals surface area contributed by atoms with Crippen LogP contribution < -0.4 is 10.5 Å². The van der Waals surface area contributed by atoms with E-state index in [2.05, 4.69) is 22.4 Å². The highest BCUT2D eigenvalue weighted by atomic mass is 32.2. The van der Waals surface area contributed by atoms with E-state index in [9.17, 15) is 13.2 Å². The minimum Gasteiger partial charge on any atom is -0.351 e. The van der Waals surface area contributed by atoms with E-state index >= 15 is 0 Å². The van der Waals surface area contributed by atoms with E-state index in [1.165, 1.54) is 0 Å². The van der Waals surface area contributed by atoms with E-state index < -0.39 is 15.9 Å². The molecule has 1 aromatic heterocycles. The summed E-state index contributed by atoms with van der Waals surface area (Å²) in [5.74, 6) is -0.370. The van der Waals surface area contributed by atoms with Crippen LogP contribution in [0.1, 0.15) is 61.1 Å². The molecule has 0 saturated heterocycles. The van der Waals surface area contributed by atoms with Gasteiger partial charge < -0.3 is 5.32 Å². The first-order valence-electron chi connectivity index (χ1n) is 6.84. The van der Waals surface area contributed by atoms with E-state index in [0.29, 0.717) is 12.2 Å². The molecule has 0 aliphatic heterocycles. The second-order valence-corrected chi connectivity index (χ2v) is 6.60. The monoisotopic (exact) mass is 300 g/mol. The Morgan fingerprint density at radius 3 is 2.70 bits per heavy atom. The molecule has 0 spiro atoms. The second-order valence-electron chi connectivity index (χ2n) is 5.10. The predicted octanol–water partition coefficient (Wildman–Crippen LogP) is 0.855. The van der Waals surface area contributed by atoms with E-state index in [-0.39, 0.29) is 16.5 Å². The molecule has 2 rings (SSSR count). The van der Waals surface area contributed by atoms with Gasteiger partial charge >= 0.3 is 0 Å². The lowest BCUT2D eigenvalue weighted by molar-refractivity contribution is 0.0944. The first-order valence-corrected chi connectivity index (χ1v) is 8.39. The van der Waals surface area contributed by atoms with E-state index in [1.807, 2.05) is 0 Å². The fourth-order valence-electron chi connectivity index (χ4n) is 2.10. The van der Waals surface area contributed by atoms with Crippen LogP contribution in [0.4, 0.5) is 0 Å². The average Bonchev–Trinajstić information content (AvgIpc) is 3.11. The number of nitrogens with zero attached hydrogens (tertiary/aromatic N) is 1. The Bertz CT molecular complexity index is 590. The van der Waals surface area contributed by atoms with Crippen molar-refractivity contribution in [1.29, 1.82) is 0 Å². The van der Waals surface area contributed by atoms with E-state index in [1.54, 1.807) is 0 Å². The topological polar surface area (TPSA) is 118 Å². The minimum absolute atomic E-state index is 0.120. The summed E-state index contributed by atoms with van der Waals surface area (Å²) in [6.45, 7) is 2.57. The summed E-state index contributed by atoms with van der Waals surface area (Å²) < 4.78 is 23.4. The third kappa shape index (κ3) is 3.37. The number of nitrogens with two attached hydrogens (primary N) is 1. The Hall–Kier alpha value is -1.41. The van der Waals surface area contributed by atoms with Gasteiger partial charge in [-0.05, 0) is 19.3 Å². The Kier molecular flexibility index (Phi) is 4.44. The Morgan fingerprint density at radius 2 is 2.15 bits per heavy atom. The molecule has 7 nitrogen and oxygen atoms in total. The van der Waals surface area contributed by atoms with Gasteiger partial charge in [-0.2, -0.15) is 5.10 Å². The molecule has 112 valence electrons. The molecular formula is C12H20N4O3S. The number of primary sulfonamides is 1. The number of carbonyl (C=O) groups excluding carboxylic acids is 1. The second kappa shape index (κ2) is 5.92. The van der Waals surface area contributed by atoms with Gasteiger partial charge in [0.05, 0.1) is 5.69 Å². The molecular weight excluding hydrogens is 280 g/mol. The zero-order valence-electron chi connectivity index (χ0n) is 11.5. The summed E-state index contributed by atoms with van der Waals surface area (Å²) in [4.78, 5) is 11.9. The van der Waals surface area contributed by atoms with Gasteiger partial charge in [0.15, 0.2) is 5.69 Å². The number of nitrogens with one attached hydrogen (secondary N) is 2. The minimum atomic E-state index is -3.96. The van der Waals surface area contributed by atoms with Crippen molar-refractivity contribution in [3.8, 4) is 0 Å². The highest BCUT2D eigenvalue weighted by Gasteiger charge is 2.35. The standard InChI is InChI=1S/C12H20N4O3S/c1-2-3-4-7-14-12(17)10-11(20(13,18)19)9(15-16-10)8-5-6-8/h8H,2-7H2,1H3,(H,14,17)(H,15,16)(H2,13,18,19). The van der Waals surface area contributed by atoms with Crippen LogP contribution in [0.3, 0.4) is 0 Å². The number of carbonyl (C=O) groups is 1. The summed E-state index contributed by atoms with van der Waals surface area (Å²) in [6, 6.07) is 0. The van der Waals surface area contributed by atoms with Crippen LogP contribution in [-0.4, -0.2) is 31.1 Å². The molecule has 1 heterocycles. The number of rotatable bonds is 7. The molecule has 0 unspecified atom stereocenters. The normalized spacial score (nSPS) is 15.3. The van der Waals surface area contributed by atoms with Crippen LogP contribution in [-0.2, 0) is 10.0 Å². The smallest absolute Gasteiger partial charge is 0.273 e. The maximum Gasteiger partial charge on any atom is 0.273 e. The maximum absolute atomic E-state index is 12.0. The summed E-state index contributed by atoms with van der Waals surface area (Å²) in [5.41, 5.74) is 0.345. The molecule has 4 N–H and O–H groups in total. The van der Waals surface area contributed by atoms with Crippen molar-refractivity contribution < 1.29 is 13.2 Å². The molecule has 1 saturated carbocycles. The zero-order chi connectivity index (χ0) is 14.8. The van der Waals surface area contributed by atoms with Crippen LogP contribution in [0.15, 0.2) is 4.90 Å². The number of amides is 1. The van der Waals surface area contributed by atoms with Crippen molar-refractivity contribution >= 4 is 15.9 Å². The molecule has 0 atom stereocenters. The molecule has 1 aliphatic rings. The summed E-state index contributed by atoms with van der Waals surface area (Å²) in [5, 5.41) is 14.4. The first kappa shape index (κ1) is 15.0. The molecule has 1 fully saturated rings. The van der Waals surface area contributed by atoms with Crippen LogP contribution >= 0.6 is 0 Å². The summed E-state index contributed by atoms with van der Waals surface area (Å²) >= 11 is 0. The Labute approximate surface area is 118 Å². The number of hydrogen-bond donors (Lipinski definition) is 3. The van der Waals surface area contributed by atoms with Gasteiger partial charge in [-0.3, -0.25) is 9.89 Å². The van der Waals surface area contributed by atoms with Crippen molar-refractivity contribution in [1.82, 2.24) is 15.5 Å². The molecule has 1 amide bonds. The number of sulfonamides is 1. The van der Waals surface area contributed by atoms with E-state index in [4.69, 9.17) is 5.14 Å². The van der Waals surface area contributed by atoms with Crippen molar-refractivity contribution in [2.24, 2.45) is 5.14 Å². The first-order chi connectivity index (χ1) is 9.45. The SMILES string of the molecule is CCCCCNC(=O)c1n[nH]c(C2CC2)c1S(N)(=O)=O. The number of H-pyrrole nitrogens is 1. The number of hydrogen-bond acceptors (Lipinski definition) is 4. The quantitative estimate of drug-likeness (QED) is 0.647. The number of aromatic amines is 1. The average molecular weight is 300 g/mol. The van der Waals surface area contributed by atoms with Gasteiger partial charge in [0, 0.05) is 12.5 Å². The van der Waals surface area contributed by atoms with Gasteiger partial charge in [-0.15, -0.1) is 0 Å². The molecule has 1 aromatic rings. The summed E-state index contributed by atoms with van der Waals surface area (Å²) in [7, 11) is -3.96. The van der Waals surface area contributed by atoms with Crippen molar-refractivity contribution in [2.45, 2.75) is 49.8 Å². The van der Waals surface area contributed by atoms with Gasteiger partial charge in [0.1, 0.15) is 4.90 Å². The number of aromatic nitrogens is 2. The lowest BCUT2D eigenvalue weighted by atomic mass is 10.2. The highest BCUT2D eigenvalue weighted by Crippen LogP contribution is 2.42. The van der Waals surface area contributed by atoms with Gasteiger partial charge in [-0.1, -0.05) is 19.8 Å². The molecule has 1 aliphatic carbocycles. The fourth-order valence-corrected chi connectivity index (χ4v) is 3.02. The van der Waals surface area contributed by atoms with Gasteiger partial charge in [0.2, 0.25) is 10.0 Å². The number of unbranched alkanes of at least 4 members (excludes halogenated alkanes) is 2. The largest absolute Gasteiger partial charge is 0.351 e. The molecule has 8 heteroatoms. The van der Waals surface area contributed by atoms with Crippen molar-refractivity contribution in [3.05, 3.63) is 11.4 Å². The predicted molar refractivity (Wildman–Crippen MR) is 73.8 cm³/mol. The molecule has 0 aromatic carbocycles. The zero-order valence-corrected chi connectivity index (χ0v) is 12.3. The van der Waals surface area contributed by atoms with Crippen LogP contribution in [0.2, 0.25) is 0 Å². The molecule has 0 bridgehead atoms. The van der Waals surface area contributed by atoms with E-state index in [0.717, 1.165) is 32.1 Å². The molecule has 20 heavy (non-hydrogen) atoms. The third-order valence-electron chi connectivity index (χ3n) is 3.30. The van der Waals surface area contributed by atoms with Gasteiger partial charge in [-0.25, -0.2) is 13.6 Å². The maximum atomic E-state index is 12.0. The Balaban J connectivity index is 2.17. The fraction of sp³-hybridized carbons (Fsp3) is 0.667. The van der Waals surface area contributed by atoms with Crippen molar-refractivity contribution in [3.63, 3.8) is 0 Å². The molecule has 0 radical (unpaired) electrons. The Morgan fingerprint density at radius 1 is 1.45 bits per heavy atom. The lowest BCUT2D eigenvalue weighted by Crippen LogP contribution is -2.27. The van der Waals surface area contributed by atoms with Crippen LogP contribution in [0.25, 0.3) is 0 Å².